The number of fused-ring (bicyclic) bond motifs is 1. The maximum Gasteiger partial charge on any atom is 0.262 e. The van der Waals surface area contributed by atoms with Gasteiger partial charge in [-0.2, -0.15) is 0 Å². The van der Waals surface area contributed by atoms with Crippen LogP contribution in [0.25, 0.3) is 10.9 Å². The second-order valence-corrected chi connectivity index (χ2v) is 10.1. The Labute approximate surface area is 218 Å². The summed E-state index contributed by atoms with van der Waals surface area (Å²) >= 11 is 7.33. The Morgan fingerprint density at radius 3 is 2.83 bits per heavy atom. The number of aryl methyl sites for hydroxylation is 1. The number of hydrogen-bond donors (Lipinski definition) is 2. The van der Waals surface area contributed by atoms with E-state index in [1.807, 2.05) is 19.1 Å². The molecule has 0 radical (unpaired) electrons. The summed E-state index contributed by atoms with van der Waals surface area (Å²) in [5.41, 5.74) is 1.91. The van der Waals surface area contributed by atoms with Gasteiger partial charge in [-0.3, -0.25) is 19.0 Å². The largest absolute Gasteiger partial charge is 0.376 e. The number of nitrogens with one attached hydrogen (secondary N) is 2. The van der Waals surface area contributed by atoms with E-state index in [0.29, 0.717) is 46.3 Å². The smallest absolute Gasteiger partial charge is 0.262 e. The van der Waals surface area contributed by atoms with Crippen molar-refractivity contribution in [2.24, 2.45) is 0 Å². The number of nitrogens with zero attached hydrogens (tertiary/aromatic N) is 2. The summed E-state index contributed by atoms with van der Waals surface area (Å²) in [6.45, 7) is 3.47. The van der Waals surface area contributed by atoms with E-state index in [4.69, 9.17) is 16.3 Å². The molecule has 190 valence electrons. The van der Waals surface area contributed by atoms with Gasteiger partial charge in [0.2, 0.25) is 11.8 Å². The number of para-hydroxylation sites is 1. The third-order valence-corrected chi connectivity index (χ3v) is 7.33. The number of amides is 2. The third kappa shape index (κ3) is 6.87. The summed E-state index contributed by atoms with van der Waals surface area (Å²) in [7, 11) is 0. The van der Waals surface area contributed by atoms with Crippen LogP contribution in [0.15, 0.2) is 52.4 Å². The van der Waals surface area contributed by atoms with Gasteiger partial charge in [-0.1, -0.05) is 41.6 Å². The molecule has 0 spiro atoms. The maximum absolute atomic E-state index is 13.2. The fraction of sp³-hybridized carbons (Fsp3) is 0.385. The highest BCUT2D eigenvalue weighted by Crippen LogP contribution is 2.22. The minimum Gasteiger partial charge on any atom is -0.376 e. The van der Waals surface area contributed by atoms with Crippen molar-refractivity contribution in [3.8, 4) is 0 Å². The molecule has 0 saturated carbocycles. The molecule has 2 N–H and O–H groups in total. The van der Waals surface area contributed by atoms with Crippen LogP contribution in [0.5, 0.6) is 0 Å². The monoisotopic (exact) mass is 528 g/mol. The van der Waals surface area contributed by atoms with Gasteiger partial charge >= 0.3 is 0 Å². The Balaban J connectivity index is 1.40. The lowest BCUT2D eigenvalue weighted by molar-refractivity contribution is -0.121. The molecule has 36 heavy (non-hydrogen) atoms. The Kier molecular flexibility index (Phi) is 9.01. The predicted molar refractivity (Wildman–Crippen MR) is 143 cm³/mol. The van der Waals surface area contributed by atoms with Crippen molar-refractivity contribution in [1.29, 1.82) is 0 Å². The SMILES string of the molecule is Cc1ccc(NC(=O)CSc2nc3ccccc3c(=O)n2CCCC(=O)NCC2CCCO2)cc1Cl. The van der Waals surface area contributed by atoms with Crippen LogP contribution in [0.3, 0.4) is 0 Å². The lowest BCUT2D eigenvalue weighted by Gasteiger charge is -2.14. The van der Waals surface area contributed by atoms with Crippen molar-refractivity contribution in [1.82, 2.24) is 14.9 Å². The highest BCUT2D eigenvalue weighted by atomic mass is 35.5. The molecule has 4 rings (SSSR count). The van der Waals surface area contributed by atoms with Crippen LogP contribution in [-0.2, 0) is 20.9 Å². The summed E-state index contributed by atoms with van der Waals surface area (Å²) in [6, 6.07) is 12.5. The summed E-state index contributed by atoms with van der Waals surface area (Å²) in [6.07, 6.45) is 2.83. The van der Waals surface area contributed by atoms with E-state index in [0.717, 1.165) is 25.0 Å². The summed E-state index contributed by atoms with van der Waals surface area (Å²) < 4.78 is 7.09. The number of anilines is 1. The molecule has 1 aromatic heterocycles. The fourth-order valence-electron chi connectivity index (χ4n) is 3.97. The minimum absolute atomic E-state index is 0.0676. The van der Waals surface area contributed by atoms with Gasteiger partial charge in [-0.25, -0.2) is 4.98 Å². The summed E-state index contributed by atoms with van der Waals surface area (Å²) in [5.74, 6) is -0.238. The van der Waals surface area contributed by atoms with Crippen LogP contribution < -0.4 is 16.2 Å². The summed E-state index contributed by atoms with van der Waals surface area (Å²) in [4.78, 5) is 42.7. The Hall–Kier alpha value is -2.88. The van der Waals surface area contributed by atoms with E-state index < -0.39 is 0 Å². The van der Waals surface area contributed by atoms with E-state index >= 15 is 0 Å². The van der Waals surface area contributed by atoms with Crippen LogP contribution in [0, 0.1) is 6.92 Å². The van der Waals surface area contributed by atoms with Gasteiger partial charge in [-0.05, 0) is 56.0 Å². The molecule has 1 saturated heterocycles. The molecule has 2 aromatic carbocycles. The molecular formula is C26H29ClN4O4S. The first-order chi connectivity index (χ1) is 17.4. The topological polar surface area (TPSA) is 102 Å². The fourth-order valence-corrected chi connectivity index (χ4v) is 4.98. The van der Waals surface area contributed by atoms with Crippen molar-refractivity contribution in [3.63, 3.8) is 0 Å². The van der Waals surface area contributed by atoms with Gasteiger partial charge in [-0.15, -0.1) is 0 Å². The van der Waals surface area contributed by atoms with E-state index in [9.17, 15) is 14.4 Å². The van der Waals surface area contributed by atoms with Crippen LogP contribution >= 0.6 is 23.4 Å². The number of hydrogen-bond acceptors (Lipinski definition) is 6. The zero-order chi connectivity index (χ0) is 25.5. The predicted octanol–water partition coefficient (Wildman–Crippen LogP) is 4.16. The minimum atomic E-state index is -0.234. The quantitative estimate of drug-likeness (QED) is 0.302. The normalized spacial score (nSPS) is 15.2. The van der Waals surface area contributed by atoms with E-state index in [1.54, 1.807) is 34.9 Å². The highest BCUT2D eigenvalue weighted by Gasteiger charge is 2.17. The molecule has 0 bridgehead atoms. The molecule has 3 aromatic rings. The second-order valence-electron chi connectivity index (χ2n) is 8.71. The zero-order valence-electron chi connectivity index (χ0n) is 20.1. The van der Waals surface area contributed by atoms with Crippen molar-refractivity contribution in [2.45, 2.75) is 50.4 Å². The van der Waals surface area contributed by atoms with Gasteiger partial charge < -0.3 is 15.4 Å². The van der Waals surface area contributed by atoms with Crippen molar-refractivity contribution < 1.29 is 14.3 Å². The highest BCUT2D eigenvalue weighted by molar-refractivity contribution is 7.99. The average Bonchev–Trinajstić information content (AvgIpc) is 3.39. The molecule has 10 heteroatoms. The van der Waals surface area contributed by atoms with Gasteiger partial charge in [0.25, 0.3) is 5.56 Å². The zero-order valence-corrected chi connectivity index (χ0v) is 21.7. The molecule has 2 heterocycles. The number of halogens is 1. The van der Waals surface area contributed by atoms with Crippen LogP contribution in [0.4, 0.5) is 5.69 Å². The molecule has 1 unspecified atom stereocenters. The van der Waals surface area contributed by atoms with Crippen LogP contribution in [-0.4, -0.2) is 46.4 Å². The molecule has 0 aliphatic carbocycles. The van der Waals surface area contributed by atoms with Crippen LogP contribution in [0.2, 0.25) is 5.02 Å². The number of carbonyl (C=O) groups excluding carboxylic acids is 2. The van der Waals surface area contributed by atoms with Crippen LogP contribution in [0.1, 0.15) is 31.2 Å². The van der Waals surface area contributed by atoms with E-state index in [1.165, 1.54) is 11.8 Å². The number of rotatable bonds is 10. The number of thioether (sulfide) groups is 1. The standard InChI is InChI=1S/C26H29ClN4O4S/c1-17-10-11-18(14-21(17)27)29-24(33)16-36-26-30-22-8-3-2-7-20(22)25(34)31(26)12-4-9-23(32)28-15-19-6-5-13-35-19/h2-3,7-8,10-11,14,19H,4-6,9,12-13,15-16H2,1H3,(H,28,32)(H,29,33). The van der Waals surface area contributed by atoms with Crippen molar-refractivity contribution >= 4 is 51.8 Å². The first-order valence-corrected chi connectivity index (χ1v) is 13.3. The average molecular weight is 529 g/mol. The molecule has 2 amide bonds. The van der Waals surface area contributed by atoms with Crippen molar-refractivity contribution in [3.05, 3.63) is 63.4 Å². The molecule has 1 fully saturated rings. The van der Waals surface area contributed by atoms with Gasteiger partial charge in [0.1, 0.15) is 0 Å². The first kappa shape index (κ1) is 26.2. The molecule has 1 atom stereocenters. The van der Waals surface area contributed by atoms with E-state index in [2.05, 4.69) is 15.6 Å². The van der Waals surface area contributed by atoms with Crippen molar-refractivity contribution in [2.75, 3.05) is 24.2 Å². The number of aromatic nitrogens is 2. The molecule has 8 nitrogen and oxygen atoms in total. The first-order valence-electron chi connectivity index (χ1n) is 12.0. The molecular weight excluding hydrogens is 500 g/mol. The Morgan fingerprint density at radius 2 is 2.06 bits per heavy atom. The second kappa shape index (κ2) is 12.4. The summed E-state index contributed by atoms with van der Waals surface area (Å²) in [5, 5.41) is 7.25. The Bertz CT molecular complexity index is 1310. The number of benzene rings is 2. The Morgan fingerprint density at radius 1 is 1.22 bits per heavy atom. The maximum atomic E-state index is 13.2. The lowest BCUT2D eigenvalue weighted by Crippen LogP contribution is -2.32. The van der Waals surface area contributed by atoms with Gasteiger partial charge in [0.15, 0.2) is 5.16 Å². The third-order valence-electron chi connectivity index (χ3n) is 5.95. The van der Waals surface area contributed by atoms with Gasteiger partial charge in [0.05, 0.1) is 22.8 Å². The molecule has 1 aliphatic heterocycles. The number of carbonyl (C=O) groups is 2. The van der Waals surface area contributed by atoms with E-state index in [-0.39, 0.29) is 35.7 Å². The lowest BCUT2D eigenvalue weighted by atomic mass is 10.2. The molecule has 1 aliphatic rings. The number of ether oxygens (including phenoxy) is 1. The van der Waals surface area contributed by atoms with Gasteiger partial charge in [0, 0.05) is 36.8 Å².